The van der Waals surface area contributed by atoms with Crippen LogP contribution in [0.15, 0.2) is 12.3 Å². The maximum atomic E-state index is 11.3. The summed E-state index contributed by atoms with van der Waals surface area (Å²) in [6.07, 6.45) is 1.22. The third-order valence-electron chi connectivity index (χ3n) is 1.87. The van der Waals surface area contributed by atoms with Crippen molar-refractivity contribution < 1.29 is 23.8 Å². The highest BCUT2D eigenvalue weighted by molar-refractivity contribution is 5.93. The van der Waals surface area contributed by atoms with Crippen LogP contribution in [0.25, 0.3) is 0 Å². The zero-order chi connectivity index (χ0) is 12.1. The van der Waals surface area contributed by atoms with Crippen molar-refractivity contribution in [2.24, 2.45) is 0 Å². The molecule has 0 spiro atoms. The van der Waals surface area contributed by atoms with Crippen LogP contribution in [0.1, 0.15) is 20.8 Å². The van der Waals surface area contributed by atoms with Gasteiger partial charge in [0.2, 0.25) is 0 Å². The van der Waals surface area contributed by atoms with E-state index in [1.54, 1.807) is 0 Å². The lowest BCUT2D eigenvalue weighted by Gasteiger charge is -2.07. The van der Waals surface area contributed by atoms with Gasteiger partial charge in [-0.1, -0.05) is 0 Å². The van der Waals surface area contributed by atoms with Gasteiger partial charge in [-0.3, -0.25) is 0 Å². The Labute approximate surface area is 92.1 Å². The van der Waals surface area contributed by atoms with Gasteiger partial charge in [0.1, 0.15) is 0 Å². The molecule has 0 N–H and O–H groups in total. The number of hydrogen-bond donors (Lipinski definition) is 0. The maximum absolute atomic E-state index is 11.3. The zero-order valence-corrected chi connectivity index (χ0v) is 9.14. The lowest BCUT2D eigenvalue weighted by molar-refractivity contribution is 0.0577. The molecule has 0 fully saturated rings. The molecule has 0 atom stereocenters. The summed E-state index contributed by atoms with van der Waals surface area (Å²) in [4.78, 5) is 26.3. The molecule has 0 aliphatic carbocycles. The van der Waals surface area contributed by atoms with E-state index in [1.807, 2.05) is 0 Å². The van der Waals surface area contributed by atoms with Crippen LogP contribution in [0.3, 0.4) is 0 Å². The smallest absolute Gasteiger partial charge is 0.360 e. The standard InChI is InChI=1S/C10H11NO5/c1-14-7-4-6(9(12)15-2)5-11-8(7)10(13)16-3/h4-5H,1-3H3. The van der Waals surface area contributed by atoms with Gasteiger partial charge in [-0.15, -0.1) is 0 Å². The Morgan fingerprint density at radius 3 is 2.25 bits per heavy atom. The Balaban J connectivity index is 3.16. The van der Waals surface area contributed by atoms with Crippen LogP contribution >= 0.6 is 0 Å². The molecule has 0 amide bonds. The maximum Gasteiger partial charge on any atom is 0.360 e. The number of esters is 2. The predicted octanol–water partition coefficient (Wildman–Crippen LogP) is 0.663. The van der Waals surface area contributed by atoms with Crippen molar-refractivity contribution >= 4 is 11.9 Å². The molecule has 16 heavy (non-hydrogen) atoms. The first kappa shape index (κ1) is 12.0. The van der Waals surface area contributed by atoms with Crippen LogP contribution in [-0.2, 0) is 9.47 Å². The largest absolute Gasteiger partial charge is 0.494 e. The highest BCUT2D eigenvalue weighted by Crippen LogP contribution is 2.18. The van der Waals surface area contributed by atoms with E-state index in [9.17, 15) is 9.59 Å². The molecule has 1 aromatic heterocycles. The second-order valence-electron chi connectivity index (χ2n) is 2.76. The fraction of sp³-hybridized carbons (Fsp3) is 0.300. The van der Waals surface area contributed by atoms with E-state index in [0.717, 1.165) is 0 Å². The molecule has 6 nitrogen and oxygen atoms in total. The van der Waals surface area contributed by atoms with Gasteiger partial charge in [-0.2, -0.15) is 0 Å². The van der Waals surface area contributed by atoms with Crippen molar-refractivity contribution in [2.75, 3.05) is 21.3 Å². The summed E-state index contributed by atoms with van der Waals surface area (Å²) in [5, 5.41) is 0. The van der Waals surface area contributed by atoms with E-state index in [2.05, 4.69) is 14.5 Å². The highest BCUT2D eigenvalue weighted by Gasteiger charge is 2.17. The molecule has 0 radical (unpaired) electrons. The molecule has 86 valence electrons. The monoisotopic (exact) mass is 225 g/mol. The molecule has 0 aliphatic heterocycles. The second kappa shape index (κ2) is 5.11. The number of carbonyl (C=O) groups excluding carboxylic acids is 2. The molecule has 0 bridgehead atoms. The van der Waals surface area contributed by atoms with E-state index < -0.39 is 11.9 Å². The third kappa shape index (κ3) is 2.28. The van der Waals surface area contributed by atoms with Crippen molar-refractivity contribution in [3.63, 3.8) is 0 Å². The van der Waals surface area contributed by atoms with Gasteiger partial charge in [0.25, 0.3) is 0 Å². The molecule has 1 rings (SSSR count). The number of aromatic nitrogens is 1. The zero-order valence-electron chi connectivity index (χ0n) is 9.14. The third-order valence-corrected chi connectivity index (χ3v) is 1.87. The minimum atomic E-state index is -0.631. The van der Waals surface area contributed by atoms with Crippen LogP contribution in [0.4, 0.5) is 0 Å². The van der Waals surface area contributed by atoms with Crippen molar-refractivity contribution in [1.82, 2.24) is 4.98 Å². The summed E-state index contributed by atoms with van der Waals surface area (Å²) in [7, 11) is 3.85. The predicted molar refractivity (Wildman–Crippen MR) is 53.5 cm³/mol. The number of pyridine rings is 1. The van der Waals surface area contributed by atoms with Crippen molar-refractivity contribution in [2.45, 2.75) is 0 Å². The topological polar surface area (TPSA) is 74.7 Å². The summed E-state index contributed by atoms with van der Waals surface area (Å²) < 4.78 is 14.0. The Bertz CT molecular complexity index is 416. The lowest BCUT2D eigenvalue weighted by atomic mass is 10.2. The first-order valence-corrected chi connectivity index (χ1v) is 4.34. The van der Waals surface area contributed by atoms with Crippen molar-refractivity contribution in [1.29, 1.82) is 0 Å². The summed E-state index contributed by atoms with van der Waals surface area (Å²) in [6, 6.07) is 1.37. The molecule has 1 heterocycles. The lowest BCUT2D eigenvalue weighted by Crippen LogP contribution is -2.09. The molecule has 0 aromatic carbocycles. The number of methoxy groups -OCH3 is 3. The van der Waals surface area contributed by atoms with E-state index in [4.69, 9.17) is 4.74 Å². The minimum absolute atomic E-state index is 0.0117. The van der Waals surface area contributed by atoms with Crippen LogP contribution in [0.5, 0.6) is 5.75 Å². The molecule has 0 unspecified atom stereocenters. The number of rotatable bonds is 3. The number of ether oxygens (including phenoxy) is 3. The van der Waals surface area contributed by atoms with Crippen LogP contribution in [0, 0.1) is 0 Å². The fourth-order valence-electron chi connectivity index (χ4n) is 1.08. The van der Waals surface area contributed by atoms with Gasteiger partial charge >= 0.3 is 11.9 Å². The van der Waals surface area contributed by atoms with Gasteiger partial charge in [0, 0.05) is 6.20 Å². The van der Waals surface area contributed by atoms with Gasteiger partial charge in [-0.25, -0.2) is 14.6 Å². The van der Waals surface area contributed by atoms with Crippen LogP contribution in [0.2, 0.25) is 0 Å². The Morgan fingerprint density at radius 2 is 1.75 bits per heavy atom. The van der Waals surface area contributed by atoms with E-state index >= 15 is 0 Å². The van der Waals surface area contributed by atoms with Crippen LogP contribution < -0.4 is 4.74 Å². The molecular weight excluding hydrogens is 214 g/mol. The minimum Gasteiger partial charge on any atom is -0.494 e. The number of hydrogen-bond acceptors (Lipinski definition) is 6. The van der Waals surface area contributed by atoms with E-state index in [1.165, 1.54) is 33.6 Å². The SMILES string of the molecule is COC(=O)c1cnc(C(=O)OC)c(OC)c1. The Kier molecular flexibility index (Phi) is 3.82. The van der Waals surface area contributed by atoms with E-state index in [0.29, 0.717) is 0 Å². The molecule has 6 heteroatoms. The average Bonchev–Trinajstić information content (AvgIpc) is 2.35. The quantitative estimate of drug-likeness (QED) is 0.703. The Morgan fingerprint density at radius 1 is 1.12 bits per heavy atom. The Hall–Kier alpha value is -2.11. The number of carbonyl (C=O) groups is 2. The van der Waals surface area contributed by atoms with Gasteiger partial charge in [-0.05, 0) is 6.07 Å². The molecule has 1 aromatic rings. The first-order chi connectivity index (χ1) is 7.63. The van der Waals surface area contributed by atoms with Gasteiger partial charge < -0.3 is 14.2 Å². The fourth-order valence-corrected chi connectivity index (χ4v) is 1.08. The summed E-state index contributed by atoms with van der Waals surface area (Å²) in [5.41, 5.74) is 0.213. The molecule has 0 saturated carbocycles. The first-order valence-electron chi connectivity index (χ1n) is 4.34. The molecule has 0 saturated heterocycles. The highest BCUT2D eigenvalue weighted by atomic mass is 16.5. The van der Waals surface area contributed by atoms with Crippen molar-refractivity contribution in [3.8, 4) is 5.75 Å². The van der Waals surface area contributed by atoms with Gasteiger partial charge in [0.15, 0.2) is 11.4 Å². The molecular formula is C10H11NO5. The van der Waals surface area contributed by atoms with Crippen LogP contribution in [-0.4, -0.2) is 38.3 Å². The molecule has 0 aliphatic rings. The summed E-state index contributed by atoms with van der Waals surface area (Å²) in [6.45, 7) is 0. The van der Waals surface area contributed by atoms with Gasteiger partial charge in [0.05, 0.1) is 26.9 Å². The summed E-state index contributed by atoms with van der Waals surface area (Å²) >= 11 is 0. The second-order valence-corrected chi connectivity index (χ2v) is 2.76. The van der Waals surface area contributed by atoms with E-state index in [-0.39, 0.29) is 17.0 Å². The van der Waals surface area contributed by atoms with Crippen molar-refractivity contribution in [3.05, 3.63) is 23.5 Å². The average molecular weight is 225 g/mol. The number of nitrogens with zero attached hydrogens (tertiary/aromatic N) is 1. The summed E-state index contributed by atoms with van der Waals surface area (Å²) in [5.74, 6) is -1.02. The normalized spacial score (nSPS) is 9.44.